The summed E-state index contributed by atoms with van der Waals surface area (Å²) >= 11 is 5.83. The molecule has 1 aromatic carbocycles. The molecule has 0 saturated carbocycles. The van der Waals surface area contributed by atoms with Crippen LogP contribution in [0.3, 0.4) is 0 Å². The Bertz CT molecular complexity index is 559. The Morgan fingerprint density at radius 1 is 1.30 bits per heavy atom. The molecule has 0 unspecified atom stereocenters. The maximum absolute atomic E-state index is 12.7. The van der Waals surface area contributed by atoms with Gasteiger partial charge in [-0.2, -0.15) is 0 Å². The van der Waals surface area contributed by atoms with Crippen molar-refractivity contribution in [3.8, 4) is 0 Å². The maximum atomic E-state index is 12.7. The quantitative estimate of drug-likeness (QED) is 0.916. The van der Waals surface area contributed by atoms with Crippen molar-refractivity contribution in [2.75, 3.05) is 19.7 Å². The Kier molecular flexibility index (Phi) is 6.02. The first-order chi connectivity index (χ1) is 10.9. The van der Waals surface area contributed by atoms with Crippen molar-refractivity contribution >= 4 is 23.4 Å². The summed E-state index contributed by atoms with van der Waals surface area (Å²) in [5.41, 5.74) is 0.489. The largest absolute Gasteiger partial charge is 0.375 e. The number of rotatable bonds is 4. The van der Waals surface area contributed by atoms with E-state index in [0.29, 0.717) is 30.3 Å². The van der Waals surface area contributed by atoms with Crippen LogP contribution in [0, 0.1) is 5.92 Å². The number of amides is 2. The first-order valence-corrected chi connectivity index (χ1v) is 8.23. The highest BCUT2D eigenvalue weighted by atomic mass is 35.5. The third-order valence-electron chi connectivity index (χ3n) is 3.88. The number of morpholine rings is 1. The van der Waals surface area contributed by atoms with Gasteiger partial charge in [-0.3, -0.25) is 9.59 Å². The smallest absolute Gasteiger partial charge is 0.251 e. The number of carbonyl (C=O) groups is 2. The van der Waals surface area contributed by atoms with Crippen LogP contribution >= 0.6 is 11.6 Å². The first-order valence-electron chi connectivity index (χ1n) is 7.85. The molecule has 1 heterocycles. The monoisotopic (exact) mass is 338 g/mol. The standard InChI is InChI=1S/C17H23ClN2O3/c1-11(2)15(17(22)20-8-9-23-12(3)10-20)19-16(21)13-4-6-14(18)7-5-13/h4-7,11-12,15H,8-10H2,1-3H3,(H,19,21)/t12-,15+/m0/s1. The molecule has 1 saturated heterocycles. The highest BCUT2D eigenvalue weighted by molar-refractivity contribution is 6.30. The Morgan fingerprint density at radius 2 is 1.96 bits per heavy atom. The molecule has 0 aromatic heterocycles. The highest BCUT2D eigenvalue weighted by Gasteiger charge is 2.31. The van der Waals surface area contributed by atoms with E-state index >= 15 is 0 Å². The molecule has 5 nitrogen and oxygen atoms in total. The van der Waals surface area contributed by atoms with E-state index in [1.54, 1.807) is 29.2 Å². The van der Waals surface area contributed by atoms with Crippen LogP contribution in [-0.4, -0.2) is 48.6 Å². The van der Waals surface area contributed by atoms with Crippen LogP contribution in [0.25, 0.3) is 0 Å². The maximum Gasteiger partial charge on any atom is 0.251 e. The summed E-state index contributed by atoms with van der Waals surface area (Å²) in [6.07, 6.45) is 0.0208. The van der Waals surface area contributed by atoms with Crippen molar-refractivity contribution in [1.82, 2.24) is 10.2 Å². The lowest BCUT2D eigenvalue weighted by molar-refractivity contribution is -0.141. The average Bonchev–Trinajstić information content (AvgIpc) is 2.52. The van der Waals surface area contributed by atoms with Crippen molar-refractivity contribution in [3.63, 3.8) is 0 Å². The molecular formula is C17H23ClN2O3. The zero-order chi connectivity index (χ0) is 17.0. The topological polar surface area (TPSA) is 58.6 Å². The van der Waals surface area contributed by atoms with E-state index in [0.717, 1.165) is 0 Å². The van der Waals surface area contributed by atoms with Gasteiger partial charge in [-0.15, -0.1) is 0 Å². The molecule has 0 radical (unpaired) electrons. The van der Waals surface area contributed by atoms with E-state index in [9.17, 15) is 9.59 Å². The van der Waals surface area contributed by atoms with Gasteiger partial charge in [0.05, 0.1) is 12.7 Å². The summed E-state index contributed by atoms with van der Waals surface area (Å²) in [4.78, 5) is 26.9. The second-order valence-corrected chi connectivity index (χ2v) is 6.60. The van der Waals surface area contributed by atoms with Crippen LogP contribution in [0.1, 0.15) is 31.1 Å². The van der Waals surface area contributed by atoms with E-state index in [4.69, 9.17) is 16.3 Å². The molecule has 23 heavy (non-hydrogen) atoms. The van der Waals surface area contributed by atoms with Crippen molar-refractivity contribution < 1.29 is 14.3 Å². The molecule has 6 heteroatoms. The highest BCUT2D eigenvalue weighted by Crippen LogP contribution is 2.13. The number of carbonyl (C=O) groups excluding carboxylic acids is 2. The lowest BCUT2D eigenvalue weighted by Crippen LogP contribution is -2.55. The molecule has 1 fully saturated rings. The molecule has 2 rings (SSSR count). The zero-order valence-electron chi connectivity index (χ0n) is 13.7. The molecule has 0 spiro atoms. The Labute approximate surface area is 141 Å². The number of hydrogen-bond donors (Lipinski definition) is 1. The minimum atomic E-state index is -0.552. The van der Waals surface area contributed by atoms with Gasteiger partial charge in [0.15, 0.2) is 0 Å². The lowest BCUT2D eigenvalue weighted by atomic mass is 10.0. The van der Waals surface area contributed by atoms with E-state index in [-0.39, 0.29) is 23.8 Å². The number of nitrogens with one attached hydrogen (secondary N) is 1. The molecule has 0 bridgehead atoms. The summed E-state index contributed by atoms with van der Waals surface area (Å²) in [5, 5.41) is 3.42. The predicted molar refractivity (Wildman–Crippen MR) is 89.5 cm³/mol. The van der Waals surface area contributed by atoms with Gasteiger partial charge >= 0.3 is 0 Å². The van der Waals surface area contributed by atoms with Crippen LogP contribution < -0.4 is 5.32 Å². The fraction of sp³-hybridized carbons (Fsp3) is 0.529. The van der Waals surface area contributed by atoms with Gasteiger partial charge in [0, 0.05) is 23.7 Å². The van der Waals surface area contributed by atoms with Crippen LogP contribution in [0.2, 0.25) is 5.02 Å². The van der Waals surface area contributed by atoms with Crippen molar-refractivity contribution in [2.24, 2.45) is 5.92 Å². The van der Waals surface area contributed by atoms with Crippen LogP contribution in [0.5, 0.6) is 0 Å². The molecule has 126 valence electrons. The SMILES string of the molecule is CC(C)[C@@H](NC(=O)c1ccc(Cl)cc1)C(=O)N1CCO[C@@H](C)C1. The number of ether oxygens (including phenoxy) is 1. The van der Waals surface area contributed by atoms with E-state index in [1.807, 2.05) is 20.8 Å². The summed E-state index contributed by atoms with van der Waals surface area (Å²) in [6.45, 7) is 7.43. The van der Waals surface area contributed by atoms with Crippen LogP contribution in [-0.2, 0) is 9.53 Å². The summed E-state index contributed by atoms with van der Waals surface area (Å²) in [6, 6.07) is 6.06. The molecule has 2 atom stereocenters. The predicted octanol–water partition coefficient (Wildman–Crippen LogP) is 2.34. The second-order valence-electron chi connectivity index (χ2n) is 6.17. The third-order valence-corrected chi connectivity index (χ3v) is 4.13. The Balaban J connectivity index is 2.07. The Morgan fingerprint density at radius 3 is 2.52 bits per heavy atom. The van der Waals surface area contributed by atoms with Crippen LogP contribution in [0.4, 0.5) is 0 Å². The number of benzene rings is 1. The van der Waals surface area contributed by atoms with Crippen molar-refractivity contribution in [2.45, 2.75) is 32.9 Å². The minimum absolute atomic E-state index is 0.00287. The first kappa shape index (κ1) is 17.8. The van der Waals surface area contributed by atoms with Crippen LogP contribution in [0.15, 0.2) is 24.3 Å². The van der Waals surface area contributed by atoms with Gasteiger partial charge < -0.3 is 15.0 Å². The van der Waals surface area contributed by atoms with E-state index < -0.39 is 6.04 Å². The van der Waals surface area contributed by atoms with Gasteiger partial charge in [0.25, 0.3) is 5.91 Å². The van der Waals surface area contributed by atoms with Gasteiger partial charge in [0.1, 0.15) is 6.04 Å². The second kappa shape index (κ2) is 7.79. The Hall–Kier alpha value is -1.59. The van der Waals surface area contributed by atoms with Crippen molar-refractivity contribution in [1.29, 1.82) is 0 Å². The zero-order valence-corrected chi connectivity index (χ0v) is 14.5. The molecule has 1 aromatic rings. The number of nitrogens with zero attached hydrogens (tertiary/aromatic N) is 1. The summed E-state index contributed by atoms with van der Waals surface area (Å²) in [7, 11) is 0. The summed E-state index contributed by atoms with van der Waals surface area (Å²) < 4.78 is 5.47. The van der Waals surface area contributed by atoms with Crippen molar-refractivity contribution in [3.05, 3.63) is 34.9 Å². The van der Waals surface area contributed by atoms with Gasteiger partial charge in [-0.05, 0) is 37.1 Å². The van der Waals surface area contributed by atoms with Gasteiger partial charge in [-0.25, -0.2) is 0 Å². The minimum Gasteiger partial charge on any atom is -0.375 e. The molecular weight excluding hydrogens is 316 g/mol. The molecule has 1 N–H and O–H groups in total. The van der Waals surface area contributed by atoms with E-state index in [2.05, 4.69) is 5.32 Å². The van der Waals surface area contributed by atoms with E-state index in [1.165, 1.54) is 0 Å². The third kappa shape index (κ3) is 4.69. The molecule has 0 aliphatic carbocycles. The number of halogens is 1. The number of hydrogen-bond acceptors (Lipinski definition) is 3. The molecule has 2 amide bonds. The van der Waals surface area contributed by atoms with Gasteiger partial charge in [0.2, 0.25) is 5.91 Å². The average molecular weight is 339 g/mol. The summed E-state index contributed by atoms with van der Waals surface area (Å²) in [5.74, 6) is -0.329. The molecule has 1 aliphatic heterocycles. The lowest BCUT2D eigenvalue weighted by Gasteiger charge is -2.35. The molecule has 1 aliphatic rings. The van der Waals surface area contributed by atoms with Gasteiger partial charge in [-0.1, -0.05) is 25.4 Å². The fourth-order valence-electron chi connectivity index (χ4n) is 2.55. The normalized spacial score (nSPS) is 19.5. The fourth-order valence-corrected chi connectivity index (χ4v) is 2.68.